The van der Waals surface area contributed by atoms with Crippen molar-refractivity contribution in [3.8, 4) is 0 Å². The van der Waals surface area contributed by atoms with Crippen molar-refractivity contribution in [2.24, 2.45) is 5.41 Å². The molecule has 1 saturated heterocycles. The molecule has 0 saturated carbocycles. The van der Waals surface area contributed by atoms with Crippen LogP contribution in [0.25, 0.3) is 10.9 Å². The van der Waals surface area contributed by atoms with Crippen LogP contribution < -0.4 is 5.32 Å². The number of ether oxygens (including phenoxy) is 1. The number of carbonyl (C=O) groups excluding carboxylic acids is 1. The smallest absolute Gasteiger partial charge is 0.252 e. The van der Waals surface area contributed by atoms with E-state index in [1.807, 2.05) is 24.3 Å². The van der Waals surface area contributed by atoms with Crippen molar-refractivity contribution in [2.75, 3.05) is 19.8 Å². The van der Waals surface area contributed by atoms with Crippen LogP contribution in [0.1, 0.15) is 17.3 Å². The molecule has 0 radical (unpaired) electrons. The van der Waals surface area contributed by atoms with Gasteiger partial charge in [0.25, 0.3) is 5.91 Å². The van der Waals surface area contributed by atoms with Crippen molar-refractivity contribution >= 4 is 28.4 Å². The van der Waals surface area contributed by atoms with Crippen LogP contribution in [0.2, 0.25) is 5.15 Å². The van der Waals surface area contributed by atoms with E-state index in [1.54, 1.807) is 6.07 Å². The third kappa shape index (κ3) is 2.49. The summed E-state index contributed by atoms with van der Waals surface area (Å²) in [6, 6.07) is 9.09. The van der Waals surface area contributed by atoms with E-state index in [2.05, 4.69) is 17.2 Å². The number of hydrogen-bond acceptors (Lipinski definition) is 3. The molecule has 0 bridgehead atoms. The highest BCUT2D eigenvalue weighted by Crippen LogP contribution is 2.26. The van der Waals surface area contributed by atoms with Gasteiger partial charge in [-0.3, -0.25) is 4.79 Å². The maximum atomic E-state index is 12.4. The molecule has 4 nitrogen and oxygen atoms in total. The third-order valence-corrected chi connectivity index (χ3v) is 3.70. The summed E-state index contributed by atoms with van der Waals surface area (Å²) < 4.78 is 5.18. The van der Waals surface area contributed by atoms with Gasteiger partial charge in [0.15, 0.2) is 0 Å². The number of benzene rings is 1. The second-order valence-corrected chi connectivity index (χ2v) is 5.88. The first-order valence-corrected chi connectivity index (χ1v) is 6.86. The van der Waals surface area contributed by atoms with Gasteiger partial charge in [-0.05, 0) is 12.1 Å². The standard InChI is InChI=1S/C15H15ClN2O2/c1-15(8-20-9-15)7-17-14(19)11-6-13(16)18-12-5-3-2-4-10(11)12/h2-6H,7-9H2,1H3,(H,17,19). The molecule has 0 atom stereocenters. The minimum Gasteiger partial charge on any atom is -0.380 e. The Labute approximate surface area is 122 Å². The van der Waals surface area contributed by atoms with Gasteiger partial charge < -0.3 is 10.1 Å². The topological polar surface area (TPSA) is 51.2 Å². The van der Waals surface area contributed by atoms with Crippen LogP contribution in [0.3, 0.4) is 0 Å². The predicted molar refractivity (Wildman–Crippen MR) is 78.0 cm³/mol. The molecule has 5 heteroatoms. The molecular formula is C15H15ClN2O2. The van der Waals surface area contributed by atoms with Crippen molar-refractivity contribution < 1.29 is 9.53 Å². The summed E-state index contributed by atoms with van der Waals surface area (Å²) in [6.07, 6.45) is 0. The highest BCUT2D eigenvalue weighted by atomic mass is 35.5. The van der Waals surface area contributed by atoms with Crippen LogP contribution in [-0.4, -0.2) is 30.6 Å². The summed E-state index contributed by atoms with van der Waals surface area (Å²) in [5, 5.41) is 4.09. The van der Waals surface area contributed by atoms with Gasteiger partial charge in [-0.25, -0.2) is 4.98 Å². The van der Waals surface area contributed by atoms with Crippen molar-refractivity contribution in [2.45, 2.75) is 6.92 Å². The molecule has 1 aliphatic heterocycles. The number of amides is 1. The number of hydrogen-bond donors (Lipinski definition) is 1. The molecule has 2 heterocycles. The van der Waals surface area contributed by atoms with E-state index in [4.69, 9.17) is 16.3 Å². The molecule has 1 aromatic heterocycles. The summed E-state index contributed by atoms with van der Waals surface area (Å²) in [7, 11) is 0. The lowest BCUT2D eigenvalue weighted by Gasteiger charge is -2.38. The van der Waals surface area contributed by atoms with Crippen LogP contribution >= 0.6 is 11.6 Å². The number of halogens is 1. The maximum Gasteiger partial charge on any atom is 0.252 e. The number of carbonyl (C=O) groups is 1. The summed E-state index contributed by atoms with van der Waals surface area (Å²) in [5.41, 5.74) is 1.33. The Morgan fingerprint density at radius 1 is 1.45 bits per heavy atom. The number of fused-ring (bicyclic) bond motifs is 1. The van der Waals surface area contributed by atoms with E-state index >= 15 is 0 Å². The van der Waals surface area contributed by atoms with Gasteiger partial charge >= 0.3 is 0 Å². The number of rotatable bonds is 3. The van der Waals surface area contributed by atoms with Gasteiger partial charge in [-0.2, -0.15) is 0 Å². The lowest BCUT2D eigenvalue weighted by molar-refractivity contribution is -0.0978. The lowest BCUT2D eigenvalue weighted by atomic mass is 9.88. The molecule has 3 rings (SSSR count). The van der Waals surface area contributed by atoms with Crippen molar-refractivity contribution in [1.29, 1.82) is 0 Å². The minimum atomic E-state index is -0.126. The Morgan fingerprint density at radius 3 is 2.90 bits per heavy atom. The molecule has 20 heavy (non-hydrogen) atoms. The van der Waals surface area contributed by atoms with E-state index in [0.717, 1.165) is 10.9 Å². The zero-order chi connectivity index (χ0) is 14.2. The van der Waals surface area contributed by atoms with Gasteiger partial charge in [0, 0.05) is 17.3 Å². The summed E-state index contributed by atoms with van der Waals surface area (Å²) in [4.78, 5) is 16.6. The molecule has 1 aromatic carbocycles. The fourth-order valence-electron chi connectivity index (χ4n) is 2.27. The average Bonchev–Trinajstić information content (AvgIpc) is 2.41. The van der Waals surface area contributed by atoms with Gasteiger partial charge in [0.1, 0.15) is 5.15 Å². The summed E-state index contributed by atoms with van der Waals surface area (Å²) >= 11 is 5.99. The van der Waals surface area contributed by atoms with E-state index in [1.165, 1.54) is 0 Å². The second kappa shape index (κ2) is 5.04. The molecule has 0 spiro atoms. The minimum absolute atomic E-state index is 0.0439. The average molecular weight is 291 g/mol. The molecule has 1 aliphatic rings. The molecule has 1 fully saturated rings. The Hall–Kier alpha value is -1.65. The zero-order valence-corrected chi connectivity index (χ0v) is 11.9. The SMILES string of the molecule is CC1(CNC(=O)c2cc(Cl)nc3ccccc23)COC1. The first kappa shape index (κ1) is 13.3. The van der Waals surface area contributed by atoms with Crippen molar-refractivity contribution in [3.63, 3.8) is 0 Å². The molecule has 0 unspecified atom stereocenters. The van der Waals surface area contributed by atoms with E-state index in [0.29, 0.717) is 30.5 Å². The zero-order valence-electron chi connectivity index (χ0n) is 11.1. The highest BCUT2D eigenvalue weighted by Gasteiger charge is 2.33. The Morgan fingerprint density at radius 2 is 2.20 bits per heavy atom. The predicted octanol–water partition coefficient (Wildman–Crippen LogP) is 2.65. The van der Waals surface area contributed by atoms with Gasteiger partial charge in [-0.1, -0.05) is 36.7 Å². The molecule has 0 aliphatic carbocycles. The van der Waals surface area contributed by atoms with Gasteiger partial charge in [0.2, 0.25) is 0 Å². The van der Waals surface area contributed by atoms with E-state index in [-0.39, 0.29) is 11.3 Å². The van der Waals surface area contributed by atoms with Gasteiger partial charge in [0.05, 0.1) is 24.3 Å². The lowest BCUT2D eigenvalue weighted by Crippen LogP contribution is -2.48. The monoisotopic (exact) mass is 290 g/mol. The fraction of sp³-hybridized carbons (Fsp3) is 0.333. The molecule has 1 amide bonds. The first-order chi connectivity index (χ1) is 9.57. The van der Waals surface area contributed by atoms with Crippen LogP contribution in [0.15, 0.2) is 30.3 Å². The van der Waals surface area contributed by atoms with E-state index in [9.17, 15) is 4.79 Å². The van der Waals surface area contributed by atoms with Crippen LogP contribution in [0.5, 0.6) is 0 Å². The largest absolute Gasteiger partial charge is 0.380 e. The Balaban J connectivity index is 1.87. The fourth-order valence-corrected chi connectivity index (χ4v) is 2.47. The first-order valence-electron chi connectivity index (χ1n) is 6.49. The number of aromatic nitrogens is 1. The molecule has 104 valence electrons. The normalized spacial score (nSPS) is 16.7. The summed E-state index contributed by atoms with van der Waals surface area (Å²) in [5.74, 6) is -0.126. The van der Waals surface area contributed by atoms with Gasteiger partial charge in [-0.15, -0.1) is 0 Å². The Bertz CT molecular complexity index is 668. The maximum absolute atomic E-state index is 12.4. The number of nitrogens with one attached hydrogen (secondary N) is 1. The molecular weight excluding hydrogens is 276 g/mol. The Kier molecular flexibility index (Phi) is 3.36. The number of pyridine rings is 1. The highest BCUT2D eigenvalue weighted by molar-refractivity contribution is 6.30. The van der Waals surface area contributed by atoms with Crippen LogP contribution in [0, 0.1) is 5.41 Å². The van der Waals surface area contributed by atoms with Crippen molar-refractivity contribution in [1.82, 2.24) is 10.3 Å². The molecule has 2 aromatic rings. The quantitative estimate of drug-likeness (QED) is 0.884. The number of para-hydroxylation sites is 1. The number of nitrogens with zero attached hydrogens (tertiary/aromatic N) is 1. The molecule has 1 N–H and O–H groups in total. The van der Waals surface area contributed by atoms with Crippen LogP contribution in [-0.2, 0) is 4.74 Å². The van der Waals surface area contributed by atoms with E-state index < -0.39 is 0 Å². The third-order valence-electron chi connectivity index (χ3n) is 3.51. The van der Waals surface area contributed by atoms with Crippen LogP contribution in [0.4, 0.5) is 0 Å². The second-order valence-electron chi connectivity index (χ2n) is 5.50. The summed E-state index contributed by atoms with van der Waals surface area (Å²) in [6.45, 7) is 4.06. The van der Waals surface area contributed by atoms with Crippen molar-refractivity contribution in [3.05, 3.63) is 41.0 Å².